The summed E-state index contributed by atoms with van der Waals surface area (Å²) < 4.78 is 0. The summed E-state index contributed by atoms with van der Waals surface area (Å²) in [6.07, 6.45) is 0.563. The Labute approximate surface area is 104 Å². The molecule has 1 aliphatic heterocycles. The number of amides is 1. The molecule has 0 saturated heterocycles. The molecule has 6 heteroatoms. The van der Waals surface area contributed by atoms with E-state index in [1.807, 2.05) is 11.9 Å². The zero-order valence-electron chi connectivity index (χ0n) is 9.10. The van der Waals surface area contributed by atoms with Gasteiger partial charge in [-0.2, -0.15) is 0 Å². The molecule has 4 unspecified atom stereocenters. The van der Waals surface area contributed by atoms with Gasteiger partial charge in [-0.15, -0.1) is 17.9 Å². The van der Waals surface area contributed by atoms with Gasteiger partial charge in [-0.05, 0) is 23.7 Å². The molecule has 1 aliphatic rings. The number of carbonyl (C=O) groups is 1. The summed E-state index contributed by atoms with van der Waals surface area (Å²) in [7, 11) is 8.37. The lowest BCUT2D eigenvalue weighted by Gasteiger charge is -2.28. The average molecular weight is 289 g/mol. The lowest BCUT2D eigenvalue weighted by Crippen LogP contribution is -2.35. The van der Waals surface area contributed by atoms with Gasteiger partial charge in [-0.3, -0.25) is 4.79 Å². The monoisotopic (exact) mass is 289 g/mol. The third-order valence-electron chi connectivity index (χ3n) is 2.81. The third kappa shape index (κ3) is 2.47. The summed E-state index contributed by atoms with van der Waals surface area (Å²) in [6, 6.07) is 6.37. The van der Waals surface area contributed by atoms with Crippen molar-refractivity contribution in [3.05, 3.63) is 29.3 Å². The van der Waals surface area contributed by atoms with Crippen LogP contribution in [0, 0.1) is 0 Å². The third-order valence-corrected chi connectivity index (χ3v) is 12.9. The van der Waals surface area contributed by atoms with Crippen molar-refractivity contribution in [2.75, 3.05) is 7.05 Å². The first-order chi connectivity index (χ1) is 7.63. The second-order valence-corrected chi connectivity index (χ2v) is 13.0. The SMILES string of the molecule is CN1Cc2c(cccc2P(P)PP)CC1=O. The van der Waals surface area contributed by atoms with Crippen molar-refractivity contribution in [1.82, 2.24) is 4.90 Å². The van der Waals surface area contributed by atoms with Gasteiger partial charge < -0.3 is 4.90 Å². The van der Waals surface area contributed by atoms with Crippen molar-refractivity contribution in [3.8, 4) is 0 Å². The summed E-state index contributed by atoms with van der Waals surface area (Å²) >= 11 is 0. The highest BCUT2D eigenvalue weighted by atomic mass is 32.6. The van der Waals surface area contributed by atoms with Crippen molar-refractivity contribution in [1.29, 1.82) is 0 Å². The van der Waals surface area contributed by atoms with E-state index in [1.165, 1.54) is 16.4 Å². The predicted molar refractivity (Wildman–Crippen MR) is 80.9 cm³/mol. The van der Waals surface area contributed by atoms with Crippen LogP contribution < -0.4 is 5.30 Å². The molecule has 0 saturated carbocycles. The van der Waals surface area contributed by atoms with Crippen molar-refractivity contribution in [2.24, 2.45) is 0 Å². The van der Waals surface area contributed by atoms with Crippen LogP contribution >= 0.6 is 33.1 Å². The molecule has 1 amide bonds. The summed E-state index contributed by atoms with van der Waals surface area (Å²) in [4.78, 5) is 13.5. The molecule has 4 atom stereocenters. The van der Waals surface area contributed by atoms with Crippen molar-refractivity contribution < 1.29 is 4.79 Å². The highest BCUT2D eigenvalue weighted by Gasteiger charge is 2.23. The Morgan fingerprint density at radius 2 is 2.25 bits per heavy atom. The van der Waals surface area contributed by atoms with E-state index in [1.54, 1.807) is 0 Å². The molecular weight excluding hydrogens is 274 g/mol. The van der Waals surface area contributed by atoms with Crippen LogP contribution in [0.15, 0.2) is 18.2 Å². The fourth-order valence-corrected chi connectivity index (χ4v) is 5.80. The van der Waals surface area contributed by atoms with Crippen molar-refractivity contribution >= 4 is 44.3 Å². The van der Waals surface area contributed by atoms with Crippen molar-refractivity contribution in [2.45, 2.75) is 13.0 Å². The van der Waals surface area contributed by atoms with Gasteiger partial charge in [-0.25, -0.2) is 0 Å². The first kappa shape index (κ1) is 12.9. The van der Waals surface area contributed by atoms with Gasteiger partial charge in [0, 0.05) is 13.6 Å². The smallest absolute Gasteiger partial charge is 0.227 e. The van der Waals surface area contributed by atoms with Crippen LogP contribution in [0.3, 0.4) is 0 Å². The second-order valence-electron chi connectivity index (χ2n) is 3.84. The van der Waals surface area contributed by atoms with E-state index in [0.717, 1.165) is 14.5 Å². The molecule has 86 valence electrons. The number of carbonyl (C=O) groups excluding carboxylic acids is 1. The van der Waals surface area contributed by atoms with E-state index in [-0.39, 0.29) is 13.2 Å². The lowest BCUT2D eigenvalue weighted by molar-refractivity contribution is -0.130. The molecular formula is C10H15NOP4. The zero-order valence-corrected chi connectivity index (χ0v) is 13.3. The molecule has 0 aromatic heterocycles. The van der Waals surface area contributed by atoms with Gasteiger partial charge in [0.15, 0.2) is 0 Å². The summed E-state index contributed by atoms with van der Waals surface area (Å²) in [5.74, 6) is 0.228. The summed E-state index contributed by atoms with van der Waals surface area (Å²) in [6.45, 7) is 0.771. The van der Waals surface area contributed by atoms with E-state index in [0.29, 0.717) is 6.42 Å². The Morgan fingerprint density at radius 3 is 2.94 bits per heavy atom. The van der Waals surface area contributed by atoms with Crippen LogP contribution in [0.5, 0.6) is 0 Å². The number of benzene rings is 1. The molecule has 16 heavy (non-hydrogen) atoms. The molecule has 2 rings (SSSR count). The van der Waals surface area contributed by atoms with Crippen LogP contribution in [-0.2, 0) is 17.8 Å². The predicted octanol–water partition coefficient (Wildman–Crippen LogP) is 2.48. The Bertz CT molecular complexity index is 423. The minimum atomic E-state index is -0.152. The molecule has 0 aliphatic carbocycles. The average Bonchev–Trinajstić information content (AvgIpc) is 2.29. The summed E-state index contributed by atoms with van der Waals surface area (Å²) in [5.41, 5.74) is 2.60. The van der Waals surface area contributed by atoms with E-state index < -0.39 is 0 Å². The Hall–Kier alpha value is 0.410. The molecule has 2 nitrogen and oxygen atoms in total. The van der Waals surface area contributed by atoms with E-state index in [2.05, 4.69) is 36.1 Å². The maximum Gasteiger partial charge on any atom is 0.227 e. The Balaban J connectivity index is 2.44. The first-order valence-electron chi connectivity index (χ1n) is 4.99. The minimum absolute atomic E-state index is 0.152. The number of hydrogen-bond acceptors (Lipinski definition) is 1. The fraction of sp³-hybridized carbons (Fsp3) is 0.300. The highest BCUT2D eigenvalue weighted by Crippen LogP contribution is 2.65. The number of rotatable bonds is 2. The Kier molecular flexibility index (Phi) is 4.32. The highest BCUT2D eigenvalue weighted by molar-refractivity contribution is 8.63. The van der Waals surface area contributed by atoms with Gasteiger partial charge in [0.05, 0.1) is 6.42 Å². The molecule has 0 radical (unpaired) electrons. The topological polar surface area (TPSA) is 20.3 Å². The van der Waals surface area contributed by atoms with Crippen LogP contribution in [0.25, 0.3) is 0 Å². The second kappa shape index (κ2) is 5.37. The summed E-state index contributed by atoms with van der Waals surface area (Å²) in [5, 5.41) is 1.44. The molecule has 1 aromatic carbocycles. The molecule has 0 bridgehead atoms. The van der Waals surface area contributed by atoms with Gasteiger partial charge in [-0.1, -0.05) is 26.2 Å². The molecule has 0 N–H and O–H groups in total. The number of hydrogen-bond donors (Lipinski definition) is 0. The molecule has 1 aromatic rings. The fourth-order valence-electron chi connectivity index (χ4n) is 1.89. The Morgan fingerprint density at radius 1 is 1.50 bits per heavy atom. The lowest BCUT2D eigenvalue weighted by atomic mass is 10.00. The van der Waals surface area contributed by atoms with Crippen LogP contribution in [-0.4, -0.2) is 17.9 Å². The number of nitrogens with zero attached hydrogens (tertiary/aromatic N) is 1. The van der Waals surface area contributed by atoms with Gasteiger partial charge in [0.2, 0.25) is 5.91 Å². The minimum Gasteiger partial charge on any atom is -0.341 e. The maximum absolute atomic E-state index is 11.6. The quantitative estimate of drug-likeness (QED) is 0.766. The molecule has 0 fully saturated rings. The van der Waals surface area contributed by atoms with Crippen LogP contribution in [0.2, 0.25) is 0 Å². The standard InChI is InChI=1S/C10H15NOP4/c1-11-6-8-7(5-10(11)12)3-2-4-9(8)16(14)15-13/h2-4,15H,5-6,13-14H2,1H3. The first-order valence-corrected chi connectivity index (χ1v) is 11.6. The number of likely N-dealkylation sites (N-methyl/N-ethyl adjacent to an activating group) is 1. The number of fused-ring (bicyclic) bond motifs is 1. The van der Waals surface area contributed by atoms with Gasteiger partial charge >= 0.3 is 0 Å². The normalized spacial score (nSPS) is 17.9. The van der Waals surface area contributed by atoms with Gasteiger partial charge in [0.25, 0.3) is 0 Å². The van der Waals surface area contributed by atoms with Crippen LogP contribution in [0.1, 0.15) is 11.1 Å². The van der Waals surface area contributed by atoms with E-state index in [4.69, 9.17) is 0 Å². The largest absolute Gasteiger partial charge is 0.341 e. The zero-order chi connectivity index (χ0) is 11.7. The van der Waals surface area contributed by atoms with E-state index >= 15 is 0 Å². The maximum atomic E-state index is 11.6. The molecule has 1 heterocycles. The van der Waals surface area contributed by atoms with E-state index in [9.17, 15) is 4.79 Å². The van der Waals surface area contributed by atoms with Gasteiger partial charge in [0.1, 0.15) is 0 Å². The van der Waals surface area contributed by atoms with Crippen molar-refractivity contribution in [3.63, 3.8) is 0 Å². The molecule has 0 spiro atoms. The van der Waals surface area contributed by atoms with Crippen LogP contribution in [0.4, 0.5) is 0 Å².